The molecule has 0 aliphatic carbocycles. The average Bonchev–Trinajstić information content (AvgIpc) is 2.87. The van der Waals surface area contributed by atoms with Crippen LogP contribution in [-0.4, -0.2) is 50.0 Å². The maximum absolute atomic E-state index is 12.5. The highest BCUT2D eigenvalue weighted by Gasteiger charge is 2.34. The molecule has 1 amide bonds. The molecule has 24 heavy (non-hydrogen) atoms. The van der Waals surface area contributed by atoms with Gasteiger partial charge < -0.3 is 10.1 Å². The van der Waals surface area contributed by atoms with Gasteiger partial charge in [-0.05, 0) is 38.3 Å². The van der Waals surface area contributed by atoms with Crippen molar-refractivity contribution in [3.8, 4) is 0 Å². The quantitative estimate of drug-likeness (QED) is 0.796. The van der Waals surface area contributed by atoms with E-state index < -0.39 is 22.0 Å². The molecule has 134 valence electrons. The van der Waals surface area contributed by atoms with Crippen LogP contribution in [0.5, 0.6) is 0 Å². The van der Waals surface area contributed by atoms with Crippen molar-refractivity contribution in [3.05, 3.63) is 16.5 Å². The molecule has 0 spiro atoms. The molecule has 1 aromatic heterocycles. The third-order valence-corrected chi connectivity index (χ3v) is 6.23. The SMILES string of the molecule is CCOC(=O)c1sc(NC(=O)[C@@H]2CCCCN2S(C)(=O)=O)cc1C. The first-order valence-electron chi connectivity index (χ1n) is 7.79. The van der Waals surface area contributed by atoms with Gasteiger partial charge in [-0.1, -0.05) is 6.42 Å². The summed E-state index contributed by atoms with van der Waals surface area (Å²) in [6, 6.07) is 0.991. The minimum absolute atomic E-state index is 0.281. The molecular weight excluding hydrogens is 352 g/mol. The zero-order chi connectivity index (χ0) is 17.9. The monoisotopic (exact) mass is 374 g/mol. The minimum Gasteiger partial charge on any atom is -0.462 e. The molecule has 1 N–H and O–H groups in total. The molecule has 2 rings (SSSR count). The van der Waals surface area contributed by atoms with Gasteiger partial charge in [0, 0.05) is 6.54 Å². The number of thiophene rings is 1. The van der Waals surface area contributed by atoms with E-state index in [2.05, 4.69) is 5.32 Å². The van der Waals surface area contributed by atoms with Gasteiger partial charge in [-0.25, -0.2) is 13.2 Å². The number of aryl methyl sites for hydroxylation is 1. The third kappa shape index (κ3) is 4.34. The summed E-state index contributed by atoms with van der Waals surface area (Å²) < 4.78 is 29.9. The molecule has 0 bridgehead atoms. The van der Waals surface area contributed by atoms with E-state index in [-0.39, 0.29) is 12.5 Å². The highest BCUT2D eigenvalue weighted by atomic mass is 32.2. The summed E-state index contributed by atoms with van der Waals surface area (Å²) in [6.45, 7) is 4.13. The number of carbonyl (C=O) groups excluding carboxylic acids is 2. The fraction of sp³-hybridized carbons (Fsp3) is 0.600. The maximum Gasteiger partial charge on any atom is 0.348 e. The predicted molar refractivity (Wildman–Crippen MR) is 92.8 cm³/mol. The number of esters is 1. The molecule has 1 aromatic rings. The normalized spacial score (nSPS) is 19.0. The van der Waals surface area contributed by atoms with E-state index in [1.165, 1.54) is 4.31 Å². The Bertz CT molecular complexity index is 726. The number of anilines is 1. The summed E-state index contributed by atoms with van der Waals surface area (Å²) >= 11 is 1.13. The number of hydrogen-bond acceptors (Lipinski definition) is 6. The number of sulfonamides is 1. The molecule has 0 saturated carbocycles. The van der Waals surface area contributed by atoms with Gasteiger partial charge in [0.1, 0.15) is 10.9 Å². The minimum atomic E-state index is -3.43. The molecule has 1 fully saturated rings. The smallest absolute Gasteiger partial charge is 0.348 e. The number of carbonyl (C=O) groups is 2. The van der Waals surface area contributed by atoms with Gasteiger partial charge in [-0.15, -0.1) is 11.3 Å². The Balaban J connectivity index is 2.14. The third-order valence-electron chi connectivity index (χ3n) is 3.81. The van der Waals surface area contributed by atoms with Gasteiger partial charge in [0.2, 0.25) is 15.9 Å². The van der Waals surface area contributed by atoms with Crippen LogP contribution in [0, 0.1) is 6.92 Å². The second-order valence-electron chi connectivity index (χ2n) is 5.72. The standard InChI is InChI=1S/C15H22N2O5S2/c1-4-22-15(19)13-10(2)9-12(23-13)16-14(18)11-7-5-6-8-17(11)24(3,20)21/h9,11H,4-8H2,1-3H3,(H,16,18)/t11-/m0/s1. The molecule has 9 heteroatoms. The summed E-state index contributed by atoms with van der Waals surface area (Å²) in [5.41, 5.74) is 0.720. The summed E-state index contributed by atoms with van der Waals surface area (Å²) in [4.78, 5) is 24.8. The molecular formula is C15H22N2O5S2. The Labute approximate surface area is 146 Å². The van der Waals surface area contributed by atoms with E-state index in [1.54, 1.807) is 19.9 Å². The molecule has 7 nitrogen and oxygen atoms in total. The van der Waals surface area contributed by atoms with Crippen LogP contribution in [0.2, 0.25) is 0 Å². The number of rotatable bonds is 5. The van der Waals surface area contributed by atoms with Gasteiger partial charge >= 0.3 is 5.97 Å². The lowest BCUT2D eigenvalue weighted by atomic mass is 10.0. The second-order valence-corrected chi connectivity index (χ2v) is 8.71. The van der Waals surface area contributed by atoms with Crippen LogP contribution in [0.4, 0.5) is 5.00 Å². The maximum atomic E-state index is 12.5. The Morgan fingerprint density at radius 1 is 1.42 bits per heavy atom. The lowest BCUT2D eigenvalue weighted by Gasteiger charge is -2.32. The van der Waals surface area contributed by atoms with E-state index in [0.717, 1.165) is 36.0 Å². The fourth-order valence-corrected chi connectivity index (χ4v) is 4.81. The summed E-state index contributed by atoms with van der Waals surface area (Å²) in [6.07, 6.45) is 3.17. The average molecular weight is 374 g/mol. The highest BCUT2D eigenvalue weighted by Crippen LogP contribution is 2.29. The summed E-state index contributed by atoms with van der Waals surface area (Å²) in [5.74, 6) is -0.785. The van der Waals surface area contributed by atoms with Crippen molar-refractivity contribution in [3.63, 3.8) is 0 Å². The molecule has 1 aliphatic rings. The number of amides is 1. The van der Waals surface area contributed by atoms with Crippen LogP contribution in [0.1, 0.15) is 41.4 Å². The van der Waals surface area contributed by atoms with Crippen molar-refractivity contribution in [2.75, 3.05) is 24.7 Å². The van der Waals surface area contributed by atoms with Gasteiger partial charge in [-0.3, -0.25) is 4.79 Å². The highest BCUT2D eigenvalue weighted by molar-refractivity contribution is 7.88. The largest absolute Gasteiger partial charge is 0.462 e. The van der Waals surface area contributed by atoms with Crippen LogP contribution in [0.3, 0.4) is 0 Å². The van der Waals surface area contributed by atoms with Gasteiger partial charge in [0.05, 0.1) is 17.9 Å². The van der Waals surface area contributed by atoms with E-state index >= 15 is 0 Å². The molecule has 0 aromatic carbocycles. The first-order chi connectivity index (χ1) is 11.2. The van der Waals surface area contributed by atoms with Gasteiger partial charge in [0.15, 0.2) is 0 Å². The van der Waals surface area contributed by atoms with Gasteiger partial charge in [0.25, 0.3) is 0 Å². The zero-order valence-corrected chi connectivity index (χ0v) is 15.6. The Kier molecular flexibility index (Phi) is 6.00. The van der Waals surface area contributed by atoms with Crippen molar-refractivity contribution >= 4 is 38.2 Å². The Morgan fingerprint density at radius 2 is 2.12 bits per heavy atom. The number of hydrogen-bond donors (Lipinski definition) is 1. The Morgan fingerprint density at radius 3 is 2.75 bits per heavy atom. The molecule has 1 atom stereocenters. The van der Waals surface area contributed by atoms with E-state index in [1.807, 2.05) is 0 Å². The second kappa shape index (κ2) is 7.62. The number of nitrogens with one attached hydrogen (secondary N) is 1. The van der Waals surface area contributed by atoms with Crippen molar-refractivity contribution in [1.82, 2.24) is 4.31 Å². The van der Waals surface area contributed by atoms with Crippen molar-refractivity contribution < 1.29 is 22.7 Å². The number of ether oxygens (including phenoxy) is 1. The summed E-state index contributed by atoms with van der Waals surface area (Å²) in [7, 11) is -3.43. The van der Waals surface area contributed by atoms with E-state index in [4.69, 9.17) is 4.74 Å². The van der Waals surface area contributed by atoms with Crippen molar-refractivity contribution in [2.45, 2.75) is 39.2 Å². The van der Waals surface area contributed by atoms with Gasteiger partial charge in [-0.2, -0.15) is 4.31 Å². The Hall–Kier alpha value is -1.45. The van der Waals surface area contributed by atoms with E-state index in [0.29, 0.717) is 22.8 Å². The van der Waals surface area contributed by atoms with Crippen LogP contribution >= 0.6 is 11.3 Å². The van der Waals surface area contributed by atoms with Crippen molar-refractivity contribution in [2.24, 2.45) is 0 Å². The lowest BCUT2D eigenvalue weighted by Crippen LogP contribution is -2.49. The molecule has 1 aliphatic heterocycles. The topological polar surface area (TPSA) is 92.8 Å². The van der Waals surface area contributed by atoms with E-state index in [9.17, 15) is 18.0 Å². The first-order valence-corrected chi connectivity index (χ1v) is 10.5. The number of nitrogens with zero attached hydrogens (tertiary/aromatic N) is 1. The zero-order valence-electron chi connectivity index (χ0n) is 14.0. The lowest BCUT2D eigenvalue weighted by molar-refractivity contribution is -0.120. The number of piperidine rings is 1. The molecule has 1 saturated heterocycles. The van der Waals surface area contributed by atoms with Crippen LogP contribution in [0.25, 0.3) is 0 Å². The van der Waals surface area contributed by atoms with Crippen molar-refractivity contribution in [1.29, 1.82) is 0 Å². The van der Waals surface area contributed by atoms with Crippen LogP contribution in [0.15, 0.2) is 6.07 Å². The van der Waals surface area contributed by atoms with Crippen LogP contribution in [-0.2, 0) is 19.6 Å². The first kappa shape index (κ1) is 18.9. The summed E-state index contributed by atoms with van der Waals surface area (Å²) in [5, 5.41) is 3.25. The molecule has 0 unspecified atom stereocenters. The fourth-order valence-electron chi connectivity index (χ4n) is 2.71. The molecule has 2 heterocycles. The van der Waals surface area contributed by atoms with Crippen LogP contribution < -0.4 is 5.32 Å². The molecule has 0 radical (unpaired) electrons. The predicted octanol–water partition coefficient (Wildman–Crippen LogP) is 1.99.